The number of benzene rings is 1. The molecule has 1 aromatic carbocycles. The van der Waals surface area contributed by atoms with Crippen molar-refractivity contribution in [1.29, 1.82) is 0 Å². The minimum Gasteiger partial charge on any atom is -0.462 e. The standard InChI is InChI=1S/C20H23BrN2O2S2/c1-2-25-19(24)17-15-7-5-3-4-6-8-16(15)27-18(17)23-20(26)22-14-11-9-13(21)10-12-14/h9-12H,2-8H2,1H3,(H2,22,23,26). The molecule has 0 fully saturated rings. The maximum Gasteiger partial charge on any atom is 0.341 e. The number of thiophene rings is 1. The molecule has 0 saturated heterocycles. The number of halogens is 1. The van der Waals surface area contributed by atoms with Gasteiger partial charge in [0.1, 0.15) is 5.00 Å². The molecule has 1 aliphatic carbocycles. The highest BCUT2D eigenvalue weighted by Gasteiger charge is 2.25. The highest BCUT2D eigenvalue weighted by molar-refractivity contribution is 9.10. The third kappa shape index (κ3) is 5.30. The van der Waals surface area contributed by atoms with E-state index in [1.165, 1.54) is 17.7 Å². The van der Waals surface area contributed by atoms with E-state index in [1.807, 2.05) is 31.2 Å². The van der Waals surface area contributed by atoms with E-state index in [0.29, 0.717) is 17.3 Å². The molecule has 0 spiro atoms. The van der Waals surface area contributed by atoms with Crippen molar-refractivity contribution in [3.63, 3.8) is 0 Å². The highest BCUT2D eigenvalue weighted by atomic mass is 79.9. The van der Waals surface area contributed by atoms with Gasteiger partial charge in [0.15, 0.2) is 5.11 Å². The molecule has 2 aromatic rings. The summed E-state index contributed by atoms with van der Waals surface area (Å²) >= 11 is 10.5. The molecule has 7 heteroatoms. The van der Waals surface area contributed by atoms with Crippen LogP contribution in [0.25, 0.3) is 0 Å². The fourth-order valence-corrected chi connectivity index (χ4v) is 5.06. The number of esters is 1. The summed E-state index contributed by atoms with van der Waals surface area (Å²) in [6, 6.07) is 7.79. The Labute approximate surface area is 177 Å². The van der Waals surface area contributed by atoms with Crippen LogP contribution < -0.4 is 10.6 Å². The molecule has 4 nitrogen and oxygen atoms in total. The fourth-order valence-electron chi connectivity index (χ4n) is 3.23. The molecule has 2 N–H and O–H groups in total. The van der Waals surface area contributed by atoms with E-state index in [-0.39, 0.29) is 5.97 Å². The van der Waals surface area contributed by atoms with Crippen molar-refractivity contribution >= 4 is 61.3 Å². The van der Waals surface area contributed by atoms with Crippen LogP contribution in [0.4, 0.5) is 10.7 Å². The molecule has 3 rings (SSSR count). The normalized spacial score (nSPS) is 13.9. The van der Waals surface area contributed by atoms with Crippen molar-refractivity contribution in [2.45, 2.75) is 45.4 Å². The molecule has 1 aliphatic rings. The third-order valence-electron chi connectivity index (χ3n) is 4.48. The van der Waals surface area contributed by atoms with E-state index in [4.69, 9.17) is 17.0 Å². The van der Waals surface area contributed by atoms with Crippen LogP contribution in [0.1, 0.15) is 53.4 Å². The van der Waals surface area contributed by atoms with Crippen molar-refractivity contribution < 1.29 is 9.53 Å². The first-order valence-electron chi connectivity index (χ1n) is 9.23. The van der Waals surface area contributed by atoms with Crippen molar-refractivity contribution in [3.8, 4) is 0 Å². The smallest absolute Gasteiger partial charge is 0.341 e. The molecule has 0 radical (unpaired) electrons. The number of carbonyl (C=O) groups excluding carboxylic acids is 1. The lowest BCUT2D eigenvalue weighted by Gasteiger charge is -2.12. The van der Waals surface area contributed by atoms with Gasteiger partial charge in [0, 0.05) is 15.0 Å². The topological polar surface area (TPSA) is 50.4 Å². The van der Waals surface area contributed by atoms with Gasteiger partial charge >= 0.3 is 5.97 Å². The summed E-state index contributed by atoms with van der Waals surface area (Å²) in [7, 11) is 0. The second-order valence-electron chi connectivity index (χ2n) is 6.43. The van der Waals surface area contributed by atoms with Crippen LogP contribution in [0.3, 0.4) is 0 Å². The minimum atomic E-state index is -0.260. The average molecular weight is 467 g/mol. The van der Waals surface area contributed by atoms with Gasteiger partial charge in [-0.25, -0.2) is 4.79 Å². The first kappa shape index (κ1) is 20.3. The SMILES string of the molecule is CCOC(=O)c1c(NC(=S)Nc2ccc(Br)cc2)sc2c1CCCCCC2. The number of hydrogen-bond acceptors (Lipinski definition) is 4. The van der Waals surface area contributed by atoms with Gasteiger partial charge in [0.25, 0.3) is 0 Å². The van der Waals surface area contributed by atoms with Crippen LogP contribution in [0, 0.1) is 0 Å². The Hall–Kier alpha value is -1.44. The Bertz CT molecular complexity index is 818. The van der Waals surface area contributed by atoms with Crippen LogP contribution in [0.5, 0.6) is 0 Å². The van der Waals surface area contributed by atoms with Crippen molar-refractivity contribution in [3.05, 3.63) is 44.7 Å². The highest BCUT2D eigenvalue weighted by Crippen LogP contribution is 2.37. The molecule has 0 saturated carbocycles. The molecule has 0 atom stereocenters. The summed E-state index contributed by atoms with van der Waals surface area (Å²) in [5.74, 6) is -0.260. The molecule has 0 amide bonds. The molecule has 0 bridgehead atoms. The Balaban J connectivity index is 1.84. The number of rotatable bonds is 4. The first-order valence-corrected chi connectivity index (χ1v) is 11.3. The first-order chi connectivity index (χ1) is 13.1. The number of carbonyl (C=O) groups is 1. The van der Waals surface area contributed by atoms with Crippen molar-refractivity contribution in [1.82, 2.24) is 0 Å². The molecular formula is C20H23BrN2O2S2. The van der Waals surface area contributed by atoms with Gasteiger partial charge in [0.05, 0.1) is 12.2 Å². The number of nitrogens with one attached hydrogen (secondary N) is 2. The predicted octanol–water partition coefficient (Wildman–Crippen LogP) is 6.16. The van der Waals surface area contributed by atoms with Gasteiger partial charge in [-0.3, -0.25) is 0 Å². The van der Waals surface area contributed by atoms with Gasteiger partial charge < -0.3 is 15.4 Å². The van der Waals surface area contributed by atoms with Gasteiger partial charge in [-0.05, 0) is 74.7 Å². The fraction of sp³-hybridized carbons (Fsp3) is 0.400. The molecule has 27 heavy (non-hydrogen) atoms. The average Bonchev–Trinajstić information content (AvgIpc) is 2.93. The predicted molar refractivity (Wildman–Crippen MR) is 120 cm³/mol. The molecular weight excluding hydrogens is 444 g/mol. The Morgan fingerprint density at radius 2 is 1.85 bits per heavy atom. The minimum absolute atomic E-state index is 0.260. The zero-order valence-corrected chi connectivity index (χ0v) is 18.5. The van der Waals surface area contributed by atoms with Gasteiger partial charge in [-0.15, -0.1) is 11.3 Å². The van der Waals surface area contributed by atoms with E-state index in [9.17, 15) is 4.79 Å². The molecule has 1 heterocycles. The molecule has 0 unspecified atom stereocenters. The lowest BCUT2D eigenvalue weighted by molar-refractivity contribution is 0.0526. The Kier molecular flexibility index (Phi) is 7.26. The van der Waals surface area contributed by atoms with E-state index < -0.39 is 0 Å². The number of fused-ring (bicyclic) bond motifs is 1. The third-order valence-corrected chi connectivity index (χ3v) is 6.42. The largest absolute Gasteiger partial charge is 0.462 e. The second-order valence-corrected chi connectivity index (χ2v) is 8.86. The second kappa shape index (κ2) is 9.66. The van der Waals surface area contributed by atoms with Crippen LogP contribution >= 0.6 is 39.5 Å². The molecule has 144 valence electrons. The summed E-state index contributed by atoms with van der Waals surface area (Å²) < 4.78 is 6.35. The Morgan fingerprint density at radius 1 is 1.15 bits per heavy atom. The van der Waals surface area contributed by atoms with Gasteiger partial charge in [-0.2, -0.15) is 0 Å². The summed E-state index contributed by atoms with van der Waals surface area (Å²) in [5.41, 5.74) is 2.70. The van der Waals surface area contributed by atoms with Crippen molar-refractivity contribution in [2.75, 3.05) is 17.2 Å². The maximum atomic E-state index is 12.6. The maximum absolute atomic E-state index is 12.6. The van der Waals surface area contributed by atoms with Crippen LogP contribution in [0.15, 0.2) is 28.7 Å². The van der Waals surface area contributed by atoms with E-state index in [1.54, 1.807) is 11.3 Å². The van der Waals surface area contributed by atoms with Crippen LogP contribution in [-0.4, -0.2) is 17.7 Å². The number of anilines is 2. The number of thiocarbonyl (C=S) groups is 1. The zero-order chi connectivity index (χ0) is 19.2. The van der Waals surface area contributed by atoms with E-state index >= 15 is 0 Å². The van der Waals surface area contributed by atoms with Gasteiger partial charge in [0.2, 0.25) is 0 Å². The zero-order valence-electron chi connectivity index (χ0n) is 15.3. The molecule has 1 aromatic heterocycles. The molecule has 0 aliphatic heterocycles. The van der Waals surface area contributed by atoms with Crippen molar-refractivity contribution in [2.24, 2.45) is 0 Å². The van der Waals surface area contributed by atoms with Crippen LogP contribution in [0.2, 0.25) is 0 Å². The van der Waals surface area contributed by atoms with E-state index in [2.05, 4.69) is 26.6 Å². The number of ether oxygens (including phenoxy) is 1. The monoisotopic (exact) mass is 466 g/mol. The van der Waals surface area contributed by atoms with Gasteiger partial charge in [-0.1, -0.05) is 28.8 Å². The lowest BCUT2D eigenvalue weighted by atomic mass is 9.96. The summed E-state index contributed by atoms with van der Waals surface area (Å²) in [6.07, 6.45) is 6.67. The van der Waals surface area contributed by atoms with E-state index in [0.717, 1.165) is 46.4 Å². The summed E-state index contributed by atoms with van der Waals surface area (Å²) in [6.45, 7) is 2.20. The quantitative estimate of drug-likeness (QED) is 0.417. The lowest BCUT2D eigenvalue weighted by Crippen LogP contribution is -2.20. The van der Waals surface area contributed by atoms with Crippen LogP contribution in [-0.2, 0) is 17.6 Å². The summed E-state index contributed by atoms with van der Waals surface area (Å²) in [5, 5.41) is 7.67. The number of aryl methyl sites for hydroxylation is 1. The number of hydrogen-bond donors (Lipinski definition) is 2. The summed E-state index contributed by atoms with van der Waals surface area (Å²) in [4.78, 5) is 13.9. The Morgan fingerprint density at radius 3 is 2.56 bits per heavy atom.